The van der Waals surface area contributed by atoms with Gasteiger partial charge in [-0.1, -0.05) is 52.3 Å². The van der Waals surface area contributed by atoms with Gasteiger partial charge in [-0.15, -0.1) is 0 Å². The average molecular weight is 535 g/mol. The summed E-state index contributed by atoms with van der Waals surface area (Å²) < 4.78 is 5.00. The number of hydrogen-bond donors (Lipinski definition) is 1. The number of nitrogens with one attached hydrogen (secondary N) is 1. The lowest BCUT2D eigenvalue weighted by molar-refractivity contribution is 0.0886. The number of imidazole rings is 1. The van der Waals surface area contributed by atoms with E-state index in [-0.39, 0.29) is 11.8 Å². The molecule has 1 fully saturated rings. The summed E-state index contributed by atoms with van der Waals surface area (Å²) in [6, 6.07) is 25.4. The van der Waals surface area contributed by atoms with Gasteiger partial charge >= 0.3 is 0 Å². The van der Waals surface area contributed by atoms with Crippen molar-refractivity contribution in [3.63, 3.8) is 0 Å². The molecule has 1 aliphatic rings. The zero-order valence-electron chi connectivity index (χ0n) is 19.5. The fourth-order valence-corrected chi connectivity index (χ4v) is 5.26. The maximum absolute atomic E-state index is 12.5. The van der Waals surface area contributed by atoms with Crippen LogP contribution >= 0.6 is 15.9 Å². The minimum atomic E-state index is 0.196. The highest BCUT2D eigenvalue weighted by Gasteiger charge is 2.30. The largest absolute Gasteiger partial charge is 0.361 e. The van der Waals surface area contributed by atoms with Crippen LogP contribution in [0.4, 0.5) is 0 Å². The van der Waals surface area contributed by atoms with Crippen LogP contribution in [0.25, 0.3) is 44.5 Å². The first-order valence-corrected chi connectivity index (χ1v) is 13.0. The van der Waals surface area contributed by atoms with Gasteiger partial charge in [0.2, 0.25) is 5.91 Å². The van der Waals surface area contributed by atoms with Crippen molar-refractivity contribution in [3.8, 4) is 22.5 Å². The number of carbonyl (C=O) groups is 1. The first kappa shape index (κ1) is 21.4. The molecule has 6 heteroatoms. The Hall–Kier alpha value is -3.90. The summed E-state index contributed by atoms with van der Waals surface area (Å²) in [6.07, 6.45) is 7.84. The lowest BCUT2D eigenvalue weighted by Crippen LogP contribution is -2.10. The summed E-state index contributed by atoms with van der Waals surface area (Å²) >= 11 is 3.62. The van der Waals surface area contributed by atoms with Crippen molar-refractivity contribution < 1.29 is 4.79 Å². The van der Waals surface area contributed by atoms with E-state index in [1.54, 1.807) is 4.57 Å². The van der Waals surface area contributed by atoms with Crippen LogP contribution in [0.5, 0.6) is 0 Å². The van der Waals surface area contributed by atoms with Gasteiger partial charge in [-0.2, -0.15) is 0 Å². The summed E-state index contributed by atoms with van der Waals surface area (Å²) in [5, 5.41) is 1.21. The van der Waals surface area contributed by atoms with Crippen LogP contribution in [-0.4, -0.2) is 25.0 Å². The molecule has 0 saturated heterocycles. The SMILES string of the molecule is O=C(C1CC1)n1ccc(Cn2c(-c3ccc(-c4ccc5cc[nH]c5c4)cc3)nc3ccc(Br)cc32)c1. The van der Waals surface area contributed by atoms with E-state index in [1.807, 2.05) is 36.8 Å². The molecule has 36 heavy (non-hydrogen) atoms. The van der Waals surface area contributed by atoms with Crippen molar-refractivity contribution in [2.24, 2.45) is 5.92 Å². The number of fused-ring (bicyclic) bond motifs is 2. The lowest BCUT2D eigenvalue weighted by Gasteiger charge is -2.10. The standard InChI is InChI=1S/C30H23BrN4O/c31-25-9-10-26-28(16-25)35(18-19-12-14-34(17-19)30(36)23-6-7-23)29(33-26)22-4-1-20(2-5-22)24-8-3-21-11-13-32-27(21)15-24/h1-5,8-17,23,32H,6-7,18H2. The predicted octanol–water partition coefficient (Wildman–Crippen LogP) is 7.51. The van der Waals surface area contributed by atoms with Gasteiger partial charge in [-0.05, 0) is 71.3 Å². The van der Waals surface area contributed by atoms with Gasteiger partial charge in [-0.25, -0.2) is 4.98 Å². The molecule has 0 amide bonds. The number of aromatic nitrogens is 4. The van der Waals surface area contributed by atoms with Crippen molar-refractivity contribution in [2.45, 2.75) is 19.4 Å². The van der Waals surface area contributed by atoms with Gasteiger partial charge in [0.25, 0.3) is 0 Å². The molecule has 1 saturated carbocycles. The van der Waals surface area contributed by atoms with Crippen LogP contribution in [0, 0.1) is 5.92 Å². The first-order chi connectivity index (χ1) is 17.6. The normalized spacial score (nSPS) is 13.6. The number of H-pyrrole nitrogens is 1. The quantitative estimate of drug-likeness (QED) is 0.248. The third kappa shape index (κ3) is 3.78. The molecule has 1 N–H and O–H groups in total. The number of nitrogens with zero attached hydrogens (tertiary/aromatic N) is 3. The number of carbonyl (C=O) groups excluding carboxylic acids is 1. The Kier molecular flexibility index (Phi) is 4.96. The van der Waals surface area contributed by atoms with Gasteiger partial charge in [0.1, 0.15) is 5.82 Å². The zero-order chi connectivity index (χ0) is 24.2. The second-order valence-electron chi connectivity index (χ2n) is 9.55. The maximum Gasteiger partial charge on any atom is 0.233 e. The third-order valence-corrected chi connectivity index (χ3v) is 7.51. The Labute approximate surface area is 216 Å². The summed E-state index contributed by atoms with van der Waals surface area (Å²) in [7, 11) is 0. The number of benzene rings is 3. The van der Waals surface area contributed by atoms with E-state index >= 15 is 0 Å². The Morgan fingerprint density at radius 3 is 2.58 bits per heavy atom. The van der Waals surface area contributed by atoms with Crippen LogP contribution in [0.3, 0.4) is 0 Å². The van der Waals surface area contributed by atoms with Crippen LogP contribution in [0.15, 0.2) is 95.9 Å². The second-order valence-corrected chi connectivity index (χ2v) is 10.5. The Morgan fingerprint density at radius 2 is 1.75 bits per heavy atom. The molecule has 3 heterocycles. The number of halogens is 1. The number of aromatic amines is 1. The molecule has 0 aliphatic heterocycles. The van der Waals surface area contributed by atoms with E-state index in [0.29, 0.717) is 6.54 Å². The van der Waals surface area contributed by atoms with E-state index < -0.39 is 0 Å². The van der Waals surface area contributed by atoms with E-state index in [1.165, 1.54) is 10.9 Å². The number of hydrogen-bond acceptors (Lipinski definition) is 2. The third-order valence-electron chi connectivity index (χ3n) is 7.02. The van der Waals surface area contributed by atoms with Crippen LogP contribution in [0.2, 0.25) is 0 Å². The van der Waals surface area contributed by atoms with Crippen molar-refractivity contribution in [1.29, 1.82) is 0 Å². The molecule has 0 unspecified atom stereocenters. The molecule has 0 bridgehead atoms. The fourth-order valence-electron chi connectivity index (χ4n) is 4.91. The van der Waals surface area contributed by atoms with E-state index in [4.69, 9.17) is 4.98 Å². The summed E-state index contributed by atoms with van der Waals surface area (Å²) in [4.78, 5) is 20.8. The second kappa shape index (κ2) is 8.35. The highest BCUT2D eigenvalue weighted by Crippen LogP contribution is 2.32. The van der Waals surface area contributed by atoms with Crippen molar-refractivity contribution in [2.75, 3.05) is 0 Å². The Bertz CT molecular complexity index is 1750. The van der Waals surface area contributed by atoms with E-state index in [0.717, 1.165) is 56.4 Å². The van der Waals surface area contributed by atoms with Gasteiger partial charge in [0.05, 0.1) is 17.6 Å². The molecule has 7 rings (SSSR count). The minimum absolute atomic E-state index is 0.196. The van der Waals surface area contributed by atoms with E-state index in [9.17, 15) is 4.79 Å². The monoisotopic (exact) mass is 534 g/mol. The van der Waals surface area contributed by atoms with Gasteiger partial charge in [-0.3, -0.25) is 9.36 Å². The lowest BCUT2D eigenvalue weighted by atomic mass is 10.0. The summed E-state index contributed by atoms with van der Waals surface area (Å²) in [6.45, 7) is 0.637. The molecule has 0 atom stereocenters. The summed E-state index contributed by atoms with van der Waals surface area (Å²) in [5.74, 6) is 1.31. The van der Waals surface area contributed by atoms with Gasteiger partial charge in [0, 0.05) is 40.1 Å². The van der Waals surface area contributed by atoms with Crippen molar-refractivity contribution in [1.82, 2.24) is 19.1 Å². The van der Waals surface area contributed by atoms with Crippen molar-refractivity contribution >= 4 is 43.8 Å². The molecule has 0 radical (unpaired) electrons. The number of rotatable bonds is 5. The van der Waals surface area contributed by atoms with E-state index in [2.05, 4.69) is 80.1 Å². The van der Waals surface area contributed by atoms with Crippen LogP contribution in [0.1, 0.15) is 23.2 Å². The van der Waals surface area contributed by atoms with Crippen LogP contribution in [-0.2, 0) is 6.54 Å². The van der Waals surface area contributed by atoms with Crippen molar-refractivity contribution in [3.05, 3.63) is 101 Å². The molecule has 1 aliphatic carbocycles. The molecule has 3 aromatic heterocycles. The summed E-state index contributed by atoms with van der Waals surface area (Å²) in [5.41, 5.74) is 7.62. The smallest absolute Gasteiger partial charge is 0.233 e. The average Bonchev–Trinajstić information content (AvgIpc) is 3.30. The Balaban J connectivity index is 1.26. The van der Waals surface area contributed by atoms with Crippen LogP contribution < -0.4 is 0 Å². The fraction of sp³-hybridized carbons (Fsp3) is 0.133. The highest BCUT2D eigenvalue weighted by atomic mass is 79.9. The Morgan fingerprint density at radius 1 is 0.944 bits per heavy atom. The highest BCUT2D eigenvalue weighted by molar-refractivity contribution is 9.10. The minimum Gasteiger partial charge on any atom is -0.361 e. The molecule has 176 valence electrons. The predicted molar refractivity (Wildman–Crippen MR) is 147 cm³/mol. The van der Waals surface area contributed by atoms with Gasteiger partial charge in [0.15, 0.2) is 0 Å². The molecular formula is C30H23BrN4O. The molecule has 6 aromatic rings. The molecule has 0 spiro atoms. The molecular weight excluding hydrogens is 512 g/mol. The molecule has 5 nitrogen and oxygen atoms in total. The topological polar surface area (TPSA) is 55.6 Å². The molecule has 3 aromatic carbocycles. The van der Waals surface area contributed by atoms with Gasteiger partial charge < -0.3 is 9.55 Å². The maximum atomic E-state index is 12.5. The zero-order valence-corrected chi connectivity index (χ0v) is 21.1. The first-order valence-electron chi connectivity index (χ1n) is 12.2.